The minimum absolute atomic E-state index is 0.0966. The van der Waals surface area contributed by atoms with Crippen LogP contribution in [0.25, 0.3) is 0 Å². The van der Waals surface area contributed by atoms with Crippen LogP contribution in [0.5, 0.6) is 0 Å². The van der Waals surface area contributed by atoms with Crippen molar-refractivity contribution in [1.29, 1.82) is 0 Å². The van der Waals surface area contributed by atoms with E-state index in [4.69, 9.17) is 16.7 Å². The van der Waals surface area contributed by atoms with Crippen molar-refractivity contribution < 1.29 is 18.7 Å². The van der Waals surface area contributed by atoms with Gasteiger partial charge in [-0.1, -0.05) is 27.5 Å². The van der Waals surface area contributed by atoms with Gasteiger partial charge in [0.25, 0.3) is 0 Å². The molecule has 0 aromatic heterocycles. The molecule has 0 saturated heterocycles. The predicted molar refractivity (Wildman–Crippen MR) is 79.8 cm³/mol. The van der Waals surface area contributed by atoms with Gasteiger partial charge in [0.05, 0.1) is 11.3 Å². The van der Waals surface area contributed by atoms with Crippen LogP contribution in [0.2, 0.25) is 5.02 Å². The van der Waals surface area contributed by atoms with Crippen LogP contribution in [-0.4, -0.2) is 11.1 Å². The Hall–Kier alpha value is -1.66. The first kappa shape index (κ1) is 15.7. The van der Waals surface area contributed by atoms with Crippen molar-refractivity contribution in [1.82, 2.24) is 0 Å². The van der Waals surface area contributed by atoms with Gasteiger partial charge >= 0.3 is 5.97 Å². The van der Waals surface area contributed by atoms with Gasteiger partial charge in [-0.25, -0.2) is 13.6 Å². The van der Waals surface area contributed by atoms with E-state index in [-0.39, 0.29) is 12.2 Å². The van der Waals surface area contributed by atoms with Gasteiger partial charge in [-0.05, 0) is 29.8 Å². The second-order valence-corrected chi connectivity index (χ2v) is 5.50. The number of carboxylic acid groups (broad SMARTS) is 1. The molecule has 0 spiro atoms. The summed E-state index contributed by atoms with van der Waals surface area (Å²) in [5, 5.41) is 12.1. The summed E-state index contributed by atoms with van der Waals surface area (Å²) in [6, 6.07) is 6.57. The van der Waals surface area contributed by atoms with Gasteiger partial charge in [-0.2, -0.15) is 0 Å². The van der Waals surface area contributed by atoms with Crippen LogP contribution in [0.3, 0.4) is 0 Å². The molecule has 110 valence electrons. The number of carboxylic acids is 1. The molecule has 0 aliphatic rings. The molecule has 0 aliphatic carbocycles. The monoisotopic (exact) mass is 375 g/mol. The zero-order valence-corrected chi connectivity index (χ0v) is 12.8. The fourth-order valence-corrected chi connectivity index (χ4v) is 2.30. The molecule has 0 bridgehead atoms. The van der Waals surface area contributed by atoms with Crippen molar-refractivity contribution in [2.45, 2.75) is 6.54 Å². The van der Waals surface area contributed by atoms with Crippen LogP contribution in [0, 0.1) is 11.6 Å². The number of rotatable bonds is 4. The lowest BCUT2D eigenvalue weighted by Crippen LogP contribution is -2.07. The summed E-state index contributed by atoms with van der Waals surface area (Å²) < 4.78 is 27.7. The van der Waals surface area contributed by atoms with Gasteiger partial charge in [-0.15, -0.1) is 0 Å². The van der Waals surface area contributed by atoms with Crippen molar-refractivity contribution in [3.8, 4) is 0 Å². The summed E-state index contributed by atoms with van der Waals surface area (Å²) in [4.78, 5) is 10.8. The molecule has 0 aliphatic heterocycles. The van der Waals surface area contributed by atoms with Crippen LogP contribution < -0.4 is 5.32 Å². The minimum Gasteiger partial charge on any atom is -0.478 e. The van der Waals surface area contributed by atoms with Crippen molar-refractivity contribution in [3.05, 3.63) is 62.6 Å². The third-order valence-electron chi connectivity index (χ3n) is 2.76. The van der Waals surface area contributed by atoms with Crippen LogP contribution in [0.1, 0.15) is 15.9 Å². The lowest BCUT2D eigenvalue weighted by atomic mass is 10.1. The van der Waals surface area contributed by atoms with Gasteiger partial charge in [0.15, 0.2) is 0 Å². The molecule has 0 radical (unpaired) electrons. The Labute approximate surface area is 132 Å². The van der Waals surface area contributed by atoms with Crippen LogP contribution in [0.4, 0.5) is 14.5 Å². The Bertz CT molecular complexity index is 710. The van der Waals surface area contributed by atoms with E-state index >= 15 is 0 Å². The van der Waals surface area contributed by atoms with Crippen LogP contribution >= 0.6 is 27.5 Å². The molecule has 2 aromatic carbocycles. The topological polar surface area (TPSA) is 49.3 Å². The maximum absolute atomic E-state index is 13.6. The first-order chi connectivity index (χ1) is 9.88. The van der Waals surface area contributed by atoms with Crippen molar-refractivity contribution in [3.63, 3.8) is 0 Å². The lowest BCUT2D eigenvalue weighted by Gasteiger charge is -2.11. The number of anilines is 1. The number of carbonyl (C=O) groups is 1. The van der Waals surface area contributed by atoms with Crippen molar-refractivity contribution in [2.75, 3.05) is 5.32 Å². The molecule has 0 unspecified atom stereocenters. The van der Waals surface area contributed by atoms with E-state index in [1.165, 1.54) is 0 Å². The molecule has 7 heteroatoms. The highest BCUT2D eigenvalue weighted by atomic mass is 79.9. The largest absolute Gasteiger partial charge is 0.478 e. The fraction of sp³-hybridized carbons (Fsp3) is 0.0714. The number of halogens is 4. The molecule has 3 nitrogen and oxygen atoms in total. The summed E-state index contributed by atoms with van der Waals surface area (Å²) >= 11 is 9.19. The molecule has 2 aromatic rings. The van der Waals surface area contributed by atoms with E-state index in [1.807, 2.05) is 0 Å². The second kappa shape index (κ2) is 6.41. The molecular weight excluding hydrogens is 368 g/mol. The zero-order valence-electron chi connectivity index (χ0n) is 10.5. The highest BCUT2D eigenvalue weighted by Gasteiger charge is 2.15. The Morgan fingerprint density at radius 2 is 1.95 bits per heavy atom. The maximum Gasteiger partial charge on any atom is 0.338 e. The Kier molecular flexibility index (Phi) is 4.80. The van der Waals surface area contributed by atoms with E-state index < -0.39 is 23.2 Å². The third kappa shape index (κ3) is 3.71. The molecular formula is C14H9BrClF2NO2. The van der Waals surface area contributed by atoms with E-state index in [0.29, 0.717) is 11.1 Å². The van der Waals surface area contributed by atoms with Crippen LogP contribution in [0.15, 0.2) is 34.8 Å². The average molecular weight is 377 g/mol. The first-order valence-electron chi connectivity index (χ1n) is 5.78. The molecule has 0 atom stereocenters. The second-order valence-electron chi connectivity index (χ2n) is 4.21. The van der Waals surface area contributed by atoms with E-state index in [9.17, 15) is 13.6 Å². The average Bonchev–Trinajstić information content (AvgIpc) is 2.41. The van der Waals surface area contributed by atoms with Gasteiger partial charge < -0.3 is 10.4 Å². The smallest absolute Gasteiger partial charge is 0.338 e. The number of hydrogen-bond donors (Lipinski definition) is 2. The van der Waals surface area contributed by atoms with Gasteiger partial charge in [0.2, 0.25) is 0 Å². The van der Waals surface area contributed by atoms with Crippen LogP contribution in [-0.2, 0) is 6.54 Å². The fourth-order valence-electron chi connectivity index (χ4n) is 1.72. The number of benzene rings is 2. The maximum atomic E-state index is 13.6. The highest BCUT2D eigenvalue weighted by molar-refractivity contribution is 9.10. The third-order valence-corrected chi connectivity index (χ3v) is 3.77. The summed E-state index contributed by atoms with van der Waals surface area (Å²) in [6.07, 6.45) is 0. The number of aromatic carboxylic acids is 1. The predicted octanol–water partition coefficient (Wildman–Crippen LogP) is 4.69. The molecule has 2 N–H and O–H groups in total. The van der Waals surface area contributed by atoms with Gasteiger partial charge in [0, 0.05) is 22.1 Å². The quantitative estimate of drug-likeness (QED) is 0.814. The van der Waals surface area contributed by atoms with Crippen molar-refractivity contribution in [2.24, 2.45) is 0 Å². The highest BCUT2D eigenvalue weighted by Crippen LogP contribution is 2.24. The van der Waals surface area contributed by atoms with Gasteiger partial charge in [0.1, 0.15) is 11.6 Å². The number of hydrogen-bond acceptors (Lipinski definition) is 2. The SMILES string of the molecule is O=C(O)c1cc(NCc2cc(Cl)ccc2Br)c(F)cc1F. The molecule has 0 saturated carbocycles. The first-order valence-corrected chi connectivity index (χ1v) is 6.95. The minimum atomic E-state index is -1.46. The molecule has 0 fully saturated rings. The molecule has 21 heavy (non-hydrogen) atoms. The summed E-state index contributed by atoms with van der Waals surface area (Å²) in [5.74, 6) is -3.44. The summed E-state index contributed by atoms with van der Waals surface area (Å²) in [6.45, 7) is 0.197. The molecule has 0 amide bonds. The lowest BCUT2D eigenvalue weighted by molar-refractivity contribution is 0.0692. The van der Waals surface area contributed by atoms with Crippen molar-refractivity contribution >= 4 is 39.2 Å². The Morgan fingerprint density at radius 1 is 1.24 bits per heavy atom. The van der Waals surface area contributed by atoms with E-state index in [2.05, 4.69) is 21.2 Å². The Balaban J connectivity index is 2.25. The zero-order chi connectivity index (χ0) is 15.6. The number of nitrogens with one attached hydrogen (secondary N) is 1. The van der Waals surface area contributed by atoms with E-state index in [1.54, 1.807) is 18.2 Å². The van der Waals surface area contributed by atoms with Gasteiger partial charge in [-0.3, -0.25) is 0 Å². The Morgan fingerprint density at radius 3 is 2.62 bits per heavy atom. The molecule has 0 heterocycles. The van der Waals surface area contributed by atoms with E-state index in [0.717, 1.165) is 16.1 Å². The standard InChI is InChI=1S/C14H9BrClF2NO2/c15-10-2-1-8(16)3-7(10)6-19-13-4-9(14(20)21)11(17)5-12(13)18/h1-5,19H,6H2,(H,20,21). The summed E-state index contributed by atoms with van der Waals surface area (Å²) in [5.41, 5.74) is 0.0628. The molecule has 2 rings (SSSR count). The summed E-state index contributed by atoms with van der Waals surface area (Å²) in [7, 11) is 0. The normalized spacial score (nSPS) is 10.5.